The Morgan fingerprint density at radius 2 is 1.48 bits per heavy atom. The summed E-state index contributed by atoms with van der Waals surface area (Å²) in [7, 11) is 2.10. The number of ether oxygens (including phenoxy) is 1. The van der Waals surface area contributed by atoms with Crippen LogP contribution in [0.5, 0.6) is 5.75 Å². The summed E-state index contributed by atoms with van der Waals surface area (Å²) in [6, 6.07) is 9.38. The number of benzene rings is 2. The molecule has 1 saturated heterocycles. The number of likely N-dealkylation sites (tertiary alicyclic amines) is 1. The van der Waals surface area contributed by atoms with Crippen LogP contribution in [0.25, 0.3) is 22.2 Å². The van der Waals surface area contributed by atoms with Gasteiger partial charge in [0.1, 0.15) is 17.5 Å². The van der Waals surface area contributed by atoms with Gasteiger partial charge in [0.25, 0.3) is 0 Å². The fourth-order valence-electron chi connectivity index (χ4n) is 6.12. The molecule has 2 aliphatic rings. The molecule has 0 spiro atoms. The summed E-state index contributed by atoms with van der Waals surface area (Å²) >= 11 is 0. The maximum atomic E-state index is 13.4. The minimum Gasteiger partial charge on any atom is -0.490 e. The van der Waals surface area contributed by atoms with Gasteiger partial charge in [-0.1, -0.05) is 31.4 Å². The molecule has 1 saturated carbocycles. The van der Waals surface area contributed by atoms with Crippen LogP contribution in [-0.2, 0) is 12.4 Å². The van der Waals surface area contributed by atoms with Crippen LogP contribution in [-0.4, -0.2) is 45.7 Å². The van der Waals surface area contributed by atoms with Crippen molar-refractivity contribution in [1.29, 1.82) is 0 Å². The third-order valence-corrected chi connectivity index (χ3v) is 8.52. The van der Waals surface area contributed by atoms with Crippen LogP contribution in [0.1, 0.15) is 62.1 Å². The predicted octanol–water partition coefficient (Wildman–Crippen LogP) is 8.86. The first kappa shape index (κ1) is 30.2. The zero-order valence-corrected chi connectivity index (χ0v) is 24.2. The van der Waals surface area contributed by atoms with Crippen molar-refractivity contribution >= 4 is 22.7 Å². The van der Waals surface area contributed by atoms with Crippen molar-refractivity contribution in [1.82, 2.24) is 19.4 Å². The molecule has 0 bridgehead atoms. The normalized spacial score (nSPS) is 17.7. The molecule has 0 amide bonds. The topological polar surface area (TPSA) is 55.2 Å². The molecule has 6 nitrogen and oxygen atoms in total. The number of fused-ring (bicyclic) bond motifs is 1. The molecule has 4 aromatic rings. The zero-order chi connectivity index (χ0) is 31.1. The fraction of sp³-hybridized carbons (Fsp3) is 0.438. The van der Waals surface area contributed by atoms with Gasteiger partial charge in [-0.15, -0.1) is 0 Å². The highest BCUT2D eigenvalue weighted by Gasteiger charge is 2.37. The Morgan fingerprint density at radius 1 is 0.841 bits per heavy atom. The number of aromatic nitrogens is 3. The van der Waals surface area contributed by atoms with E-state index in [9.17, 15) is 26.3 Å². The van der Waals surface area contributed by atoms with Crippen molar-refractivity contribution in [3.05, 3.63) is 66.0 Å². The number of alkyl halides is 6. The third kappa shape index (κ3) is 6.64. The first-order valence-corrected chi connectivity index (χ1v) is 14.8. The largest absolute Gasteiger partial charge is 0.490 e. The lowest BCUT2D eigenvalue weighted by Crippen LogP contribution is -2.35. The summed E-state index contributed by atoms with van der Waals surface area (Å²) in [6.07, 6.45) is 0.947. The molecule has 6 rings (SSSR count). The van der Waals surface area contributed by atoms with Crippen LogP contribution in [0.15, 0.2) is 54.9 Å². The Labute approximate surface area is 251 Å². The molecular weight excluding hydrogens is 584 g/mol. The van der Waals surface area contributed by atoms with Crippen LogP contribution < -0.4 is 10.1 Å². The van der Waals surface area contributed by atoms with Crippen LogP contribution in [0, 0.1) is 0 Å². The van der Waals surface area contributed by atoms with E-state index >= 15 is 0 Å². The number of hydrogen-bond donors (Lipinski definition) is 1. The van der Waals surface area contributed by atoms with E-state index in [1.54, 1.807) is 6.20 Å². The van der Waals surface area contributed by atoms with Gasteiger partial charge < -0.3 is 19.5 Å². The van der Waals surface area contributed by atoms with Gasteiger partial charge in [-0.2, -0.15) is 31.3 Å². The Kier molecular flexibility index (Phi) is 8.21. The smallest absolute Gasteiger partial charge is 0.416 e. The van der Waals surface area contributed by atoms with E-state index in [0.717, 1.165) is 80.3 Å². The molecule has 2 fully saturated rings. The van der Waals surface area contributed by atoms with E-state index in [-0.39, 0.29) is 24.2 Å². The van der Waals surface area contributed by atoms with E-state index in [1.807, 2.05) is 30.5 Å². The summed E-state index contributed by atoms with van der Waals surface area (Å²) in [6.45, 7) is 2.00. The molecule has 0 atom stereocenters. The summed E-state index contributed by atoms with van der Waals surface area (Å²) in [5, 5.41) is 3.33. The molecule has 44 heavy (non-hydrogen) atoms. The highest BCUT2D eigenvalue weighted by Crippen LogP contribution is 2.40. The van der Waals surface area contributed by atoms with Crippen molar-refractivity contribution in [3.8, 4) is 16.9 Å². The molecule has 2 aromatic heterocycles. The number of piperidine rings is 1. The van der Waals surface area contributed by atoms with Crippen molar-refractivity contribution in [2.24, 2.45) is 0 Å². The summed E-state index contributed by atoms with van der Waals surface area (Å²) in [5.74, 6) is 0.704. The van der Waals surface area contributed by atoms with Crippen LogP contribution in [0.4, 0.5) is 38.0 Å². The van der Waals surface area contributed by atoms with Crippen molar-refractivity contribution in [2.45, 2.75) is 69.4 Å². The van der Waals surface area contributed by atoms with Crippen molar-refractivity contribution in [3.63, 3.8) is 0 Å². The van der Waals surface area contributed by atoms with Gasteiger partial charge in [-0.3, -0.25) is 0 Å². The lowest BCUT2D eigenvalue weighted by atomic mass is 9.95. The maximum absolute atomic E-state index is 13.4. The van der Waals surface area contributed by atoms with Gasteiger partial charge in [0.05, 0.1) is 11.1 Å². The van der Waals surface area contributed by atoms with E-state index in [2.05, 4.69) is 31.8 Å². The number of nitrogens with zero attached hydrogens (tertiary/aromatic N) is 4. The molecule has 12 heteroatoms. The predicted molar refractivity (Wildman–Crippen MR) is 156 cm³/mol. The van der Waals surface area contributed by atoms with Gasteiger partial charge in [-0.25, -0.2) is 4.98 Å². The van der Waals surface area contributed by atoms with Crippen LogP contribution in [0.2, 0.25) is 0 Å². The Hall–Kier alpha value is -3.80. The summed E-state index contributed by atoms with van der Waals surface area (Å²) < 4.78 is 88.8. The number of anilines is 2. The van der Waals surface area contributed by atoms with Crippen LogP contribution >= 0.6 is 0 Å². The average molecular weight is 618 g/mol. The standard InChI is InChI=1S/C32H33F6N5O/c1-42-13-11-26(12-14-42)44-25-9-7-20(8-10-25)28-19-43(24-5-3-2-4-6-24)29-27(28)18-39-30(41-29)40-23-16-21(31(33,34)35)15-22(17-23)32(36,37)38/h7-10,15-19,24,26H,2-6,11-14H2,1H3,(H,39,40,41). The van der Waals surface area contributed by atoms with Gasteiger partial charge in [0.2, 0.25) is 5.95 Å². The maximum Gasteiger partial charge on any atom is 0.416 e. The summed E-state index contributed by atoms with van der Waals surface area (Å²) in [4.78, 5) is 11.2. The zero-order valence-electron chi connectivity index (χ0n) is 24.2. The quantitative estimate of drug-likeness (QED) is 0.219. The molecule has 2 aromatic carbocycles. The van der Waals surface area contributed by atoms with Gasteiger partial charge >= 0.3 is 12.4 Å². The van der Waals surface area contributed by atoms with E-state index in [0.29, 0.717) is 17.8 Å². The first-order chi connectivity index (χ1) is 20.9. The minimum atomic E-state index is -4.96. The molecule has 0 unspecified atom stereocenters. The van der Waals surface area contributed by atoms with E-state index < -0.39 is 29.2 Å². The number of halogens is 6. The monoisotopic (exact) mass is 617 g/mol. The second kappa shape index (κ2) is 11.9. The first-order valence-electron chi connectivity index (χ1n) is 14.8. The molecule has 1 aliphatic heterocycles. The van der Waals surface area contributed by atoms with Crippen LogP contribution in [0.3, 0.4) is 0 Å². The molecule has 1 N–H and O–H groups in total. The van der Waals surface area contributed by atoms with Gasteiger partial charge in [-0.05, 0) is 68.6 Å². The minimum absolute atomic E-state index is 0.0893. The molecule has 234 valence electrons. The third-order valence-electron chi connectivity index (χ3n) is 8.52. The second-order valence-corrected chi connectivity index (χ2v) is 11.7. The van der Waals surface area contributed by atoms with Gasteiger partial charge in [0, 0.05) is 48.2 Å². The molecule has 0 radical (unpaired) electrons. The van der Waals surface area contributed by atoms with Gasteiger partial charge in [0.15, 0.2) is 0 Å². The Morgan fingerprint density at radius 3 is 2.09 bits per heavy atom. The SMILES string of the molecule is CN1CCC(Oc2ccc(-c3cn(C4CCCCC4)c4nc(Nc5cc(C(F)(F)F)cc(C(F)(F)F)c5)ncc34)cc2)CC1. The summed E-state index contributed by atoms with van der Waals surface area (Å²) in [5.41, 5.74) is -0.834. The van der Waals surface area contributed by atoms with E-state index in [1.165, 1.54) is 0 Å². The lowest BCUT2D eigenvalue weighted by Gasteiger charge is -2.29. The second-order valence-electron chi connectivity index (χ2n) is 11.7. The Bertz CT molecular complexity index is 1570. The fourth-order valence-corrected chi connectivity index (χ4v) is 6.12. The van der Waals surface area contributed by atoms with Crippen molar-refractivity contribution in [2.75, 3.05) is 25.5 Å². The molecule has 1 aliphatic carbocycles. The highest BCUT2D eigenvalue weighted by atomic mass is 19.4. The van der Waals surface area contributed by atoms with E-state index in [4.69, 9.17) is 4.74 Å². The van der Waals surface area contributed by atoms with Crippen molar-refractivity contribution < 1.29 is 31.1 Å². The molecular formula is C32H33F6N5O. The average Bonchev–Trinajstić information content (AvgIpc) is 3.37. The number of nitrogens with one attached hydrogen (secondary N) is 1. The Balaban J connectivity index is 1.33. The number of rotatable bonds is 6. The number of hydrogen-bond acceptors (Lipinski definition) is 5. The highest BCUT2D eigenvalue weighted by molar-refractivity contribution is 5.94. The lowest BCUT2D eigenvalue weighted by molar-refractivity contribution is -0.143. The molecule has 3 heterocycles.